The third-order valence-electron chi connectivity index (χ3n) is 3.50. The summed E-state index contributed by atoms with van der Waals surface area (Å²) in [6.07, 6.45) is 5.37. The molecule has 2 heterocycles. The Morgan fingerprint density at radius 3 is 2.64 bits per heavy atom. The Morgan fingerprint density at radius 1 is 1.18 bits per heavy atom. The summed E-state index contributed by atoms with van der Waals surface area (Å²) in [5.74, 6) is 1.12. The van der Waals surface area contributed by atoms with Crippen LogP contribution in [0.3, 0.4) is 0 Å². The van der Waals surface area contributed by atoms with Gasteiger partial charge in [0.25, 0.3) is 0 Å². The smallest absolute Gasteiger partial charge is 0.238 e. The molecule has 5 heteroatoms. The summed E-state index contributed by atoms with van der Waals surface area (Å²) in [6.45, 7) is 2.08. The van der Waals surface area contributed by atoms with Gasteiger partial charge in [-0.15, -0.1) is 0 Å². The van der Waals surface area contributed by atoms with E-state index in [4.69, 9.17) is 16.3 Å². The fourth-order valence-electron chi connectivity index (χ4n) is 2.49. The fraction of sp³-hybridized carbons (Fsp3) is 0.176. The molecule has 1 aromatic heterocycles. The molecule has 0 saturated heterocycles. The van der Waals surface area contributed by atoms with E-state index in [0.29, 0.717) is 16.7 Å². The van der Waals surface area contributed by atoms with E-state index in [1.165, 1.54) is 11.1 Å². The predicted molar refractivity (Wildman–Crippen MR) is 88.5 cm³/mol. The highest BCUT2D eigenvalue weighted by atomic mass is 35.5. The molecule has 0 saturated carbocycles. The zero-order chi connectivity index (χ0) is 15.5. The number of pyridine rings is 1. The van der Waals surface area contributed by atoms with Gasteiger partial charge >= 0.3 is 0 Å². The van der Waals surface area contributed by atoms with Crippen molar-refractivity contribution in [2.75, 3.05) is 7.05 Å². The Morgan fingerprint density at radius 2 is 1.95 bits per heavy atom. The molecule has 1 aliphatic rings. The number of likely N-dealkylation sites (N-methyl/N-ethyl adjacent to an activating group) is 1. The molecule has 1 aliphatic heterocycles. The molecule has 2 aromatic rings. The summed E-state index contributed by atoms with van der Waals surface area (Å²) in [4.78, 5) is 10.4. The highest BCUT2D eigenvalue weighted by Crippen LogP contribution is 2.31. The minimum Gasteiger partial charge on any atom is -0.438 e. The van der Waals surface area contributed by atoms with Crippen LogP contribution < -0.4 is 4.74 Å². The molecular weight excluding hydrogens is 298 g/mol. The van der Waals surface area contributed by atoms with E-state index in [-0.39, 0.29) is 6.04 Å². The van der Waals surface area contributed by atoms with Crippen molar-refractivity contribution in [3.63, 3.8) is 0 Å². The van der Waals surface area contributed by atoms with Gasteiger partial charge in [-0.2, -0.15) is 0 Å². The Hall–Kier alpha value is -2.33. The topological polar surface area (TPSA) is 37.7 Å². The number of rotatable bonds is 3. The normalized spacial score (nSPS) is 17.3. The number of aromatic nitrogens is 1. The lowest BCUT2D eigenvalue weighted by Gasteiger charge is -2.29. The van der Waals surface area contributed by atoms with E-state index < -0.39 is 0 Å². The van der Waals surface area contributed by atoms with Gasteiger partial charge in [-0.3, -0.25) is 0 Å². The largest absolute Gasteiger partial charge is 0.438 e. The maximum atomic E-state index is 6.05. The Balaban J connectivity index is 1.80. The number of nitrogens with zero attached hydrogens (tertiary/aromatic N) is 3. The van der Waals surface area contributed by atoms with Crippen molar-refractivity contribution in [3.05, 3.63) is 65.0 Å². The van der Waals surface area contributed by atoms with Crippen molar-refractivity contribution >= 4 is 17.9 Å². The van der Waals surface area contributed by atoms with E-state index in [9.17, 15) is 0 Å². The zero-order valence-electron chi connectivity index (χ0n) is 12.4. The SMILES string of the molecule is CC1=CN=CN(C)C1c1ccc(Oc2ncccc2Cl)cc1. The quantitative estimate of drug-likeness (QED) is 0.840. The van der Waals surface area contributed by atoms with Crippen LogP contribution in [0.15, 0.2) is 59.4 Å². The van der Waals surface area contributed by atoms with Gasteiger partial charge in [0.2, 0.25) is 5.88 Å². The first kappa shape index (κ1) is 14.6. The first-order valence-electron chi connectivity index (χ1n) is 6.95. The van der Waals surface area contributed by atoms with Crippen LogP contribution in [-0.4, -0.2) is 23.3 Å². The number of benzene rings is 1. The Bertz CT molecular complexity index is 725. The van der Waals surface area contributed by atoms with Crippen LogP contribution in [0.1, 0.15) is 18.5 Å². The Kier molecular flexibility index (Phi) is 4.11. The van der Waals surface area contributed by atoms with Crippen LogP contribution in [0, 0.1) is 0 Å². The molecule has 0 aliphatic carbocycles. The minimum absolute atomic E-state index is 0.199. The lowest BCUT2D eigenvalue weighted by molar-refractivity contribution is 0.424. The van der Waals surface area contributed by atoms with Gasteiger partial charge in [-0.05, 0) is 42.3 Å². The van der Waals surface area contributed by atoms with Gasteiger partial charge in [0, 0.05) is 19.4 Å². The molecule has 0 fully saturated rings. The maximum absolute atomic E-state index is 6.05. The van der Waals surface area contributed by atoms with Crippen molar-refractivity contribution < 1.29 is 4.74 Å². The summed E-state index contributed by atoms with van der Waals surface area (Å²) in [6, 6.07) is 11.7. The van der Waals surface area contributed by atoms with Crippen molar-refractivity contribution in [2.24, 2.45) is 4.99 Å². The van der Waals surface area contributed by atoms with Gasteiger partial charge in [0.15, 0.2) is 0 Å². The molecule has 3 rings (SSSR count). The van der Waals surface area contributed by atoms with Gasteiger partial charge in [-0.25, -0.2) is 9.98 Å². The molecule has 0 spiro atoms. The monoisotopic (exact) mass is 313 g/mol. The standard InChI is InChI=1S/C17H16ClN3O/c1-12-10-19-11-21(2)16(12)13-5-7-14(8-6-13)22-17-15(18)4-3-9-20-17/h3-11,16H,1-2H3. The molecule has 1 aromatic carbocycles. The number of hydrogen-bond acceptors (Lipinski definition) is 4. The second-order valence-corrected chi connectivity index (χ2v) is 5.57. The van der Waals surface area contributed by atoms with E-state index in [0.717, 1.165) is 0 Å². The van der Waals surface area contributed by atoms with Crippen molar-refractivity contribution in [1.82, 2.24) is 9.88 Å². The average molecular weight is 314 g/mol. The molecule has 4 nitrogen and oxygen atoms in total. The molecule has 0 bridgehead atoms. The second kappa shape index (κ2) is 6.20. The fourth-order valence-corrected chi connectivity index (χ4v) is 2.65. The second-order valence-electron chi connectivity index (χ2n) is 5.17. The zero-order valence-corrected chi connectivity index (χ0v) is 13.2. The van der Waals surface area contributed by atoms with Gasteiger partial charge < -0.3 is 9.64 Å². The first-order valence-corrected chi connectivity index (χ1v) is 7.33. The first-order chi connectivity index (χ1) is 10.6. The number of hydrogen-bond donors (Lipinski definition) is 0. The number of aliphatic imine (C=N–C) groups is 1. The molecule has 0 N–H and O–H groups in total. The van der Waals surface area contributed by atoms with Crippen LogP contribution >= 0.6 is 11.6 Å². The van der Waals surface area contributed by atoms with Crippen molar-refractivity contribution in [3.8, 4) is 11.6 Å². The number of halogens is 1. The summed E-state index contributed by atoms with van der Waals surface area (Å²) in [7, 11) is 2.02. The summed E-state index contributed by atoms with van der Waals surface area (Å²) in [5.41, 5.74) is 2.38. The van der Waals surface area contributed by atoms with Crippen LogP contribution in [0.5, 0.6) is 11.6 Å². The van der Waals surface area contributed by atoms with Crippen LogP contribution in [-0.2, 0) is 0 Å². The van der Waals surface area contributed by atoms with Crippen molar-refractivity contribution in [2.45, 2.75) is 13.0 Å². The van der Waals surface area contributed by atoms with E-state index in [2.05, 4.69) is 21.8 Å². The molecule has 112 valence electrons. The molecule has 22 heavy (non-hydrogen) atoms. The van der Waals surface area contributed by atoms with E-state index >= 15 is 0 Å². The van der Waals surface area contributed by atoms with Crippen LogP contribution in [0.25, 0.3) is 0 Å². The predicted octanol–water partition coefficient (Wildman–Crippen LogP) is 4.45. The van der Waals surface area contributed by atoms with Gasteiger partial charge in [0.1, 0.15) is 10.8 Å². The average Bonchev–Trinajstić information content (AvgIpc) is 2.51. The minimum atomic E-state index is 0.199. The lowest BCUT2D eigenvalue weighted by atomic mass is 9.99. The van der Waals surface area contributed by atoms with Crippen LogP contribution in [0.2, 0.25) is 5.02 Å². The highest BCUT2D eigenvalue weighted by Gasteiger charge is 2.19. The molecule has 0 amide bonds. The van der Waals surface area contributed by atoms with Gasteiger partial charge in [0.05, 0.1) is 12.4 Å². The van der Waals surface area contributed by atoms with E-state index in [1.807, 2.05) is 43.9 Å². The third-order valence-corrected chi connectivity index (χ3v) is 3.79. The summed E-state index contributed by atoms with van der Waals surface area (Å²) < 4.78 is 5.71. The van der Waals surface area contributed by atoms with E-state index in [1.54, 1.807) is 18.3 Å². The van der Waals surface area contributed by atoms with Crippen LogP contribution in [0.4, 0.5) is 0 Å². The summed E-state index contributed by atoms with van der Waals surface area (Å²) >= 11 is 6.05. The molecule has 1 unspecified atom stereocenters. The lowest BCUT2D eigenvalue weighted by Crippen LogP contribution is -2.26. The van der Waals surface area contributed by atoms with Gasteiger partial charge in [-0.1, -0.05) is 23.7 Å². The summed E-state index contributed by atoms with van der Waals surface area (Å²) in [5, 5.41) is 0.494. The highest BCUT2D eigenvalue weighted by molar-refractivity contribution is 6.31. The van der Waals surface area contributed by atoms with Crippen molar-refractivity contribution in [1.29, 1.82) is 0 Å². The number of ether oxygens (including phenoxy) is 1. The third kappa shape index (κ3) is 2.97. The molecule has 1 atom stereocenters. The maximum Gasteiger partial charge on any atom is 0.238 e. The Labute approximate surface area is 134 Å². The molecular formula is C17H16ClN3O. The molecule has 0 radical (unpaired) electrons.